The lowest BCUT2D eigenvalue weighted by molar-refractivity contribution is -0.274. The van der Waals surface area contributed by atoms with Gasteiger partial charge in [0.25, 0.3) is 0 Å². The summed E-state index contributed by atoms with van der Waals surface area (Å²) in [4.78, 5) is 7.94. The Balaban J connectivity index is 1.81. The number of thiazole rings is 1. The van der Waals surface area contributed by atoms with Crippen LogP contribution in [0.5, 0.6) is 5.75 Å². The summed E-state index contributed by atoms with van der Waals surface area (Å²) in [5.74, 6) is 0.155. The van der Waals surface area contributed by atoms with Gasteiger partial charge in [-0.25, -0.2) is 9.97 Å². The van der Waals surface area contributed by atoms with Crippen LogP contribution < -0.4 is 10.1 Å². The van der Waals surface area contributed by atoms with Gasteiger partial charge in [-0.15, -0.1) is 24.5 Å². The summed E-state index contributed by atoms with van der Waals surface area (Å²) < 4.78 is 39.5. The topological polar surface area (TPSA) is 47.0 Å². The van der Waals surface area contributed by atoms with E-state index in [-0.39, 0.29) is 5.75 Å². The van der Waals surface area contributed by atoms with Gasteiger partial charge in [0.15, 0.2) is 0 Å². The molecule has 2 aromatic rings. The summed E-state index contributed by atoms with van der Waals surface area (Å²) in [6, 6.07) is 2.65. The van der Waals surface area contributed by atoms with Crippen LogP contribution in [0.15, 0.2) is 29.2 Å². The predicted molar refractivity (Wildman–Crippen MR) is 65.2 cm³/mol. The van der Waals surface area contributed by atoms with E-state index in [4.69, 9.17) is 0 Å². The zero-order valence-corrected chi connectivity index (χ0v) is 10.5. The van der Waals surface area contributed by atoms with Gasteiger partial charge in [-0.3, -0.25) is 0 Å². The molecule has 2 heterocycles. The third-order valence-corrected chi connectivity index (χ3v) is 2.78. The average molecular weight is 289 g/mol. The van der Waals surface area contributed by atoms with Gasteiger partial charge in [0.1, 0.15) is 11.6 Å². The smallest absolute Gasteiger partial charge is 0.404 e. The van der Waals surface area contributed by atoms with Gasteiger partial charge in [0, 0.05) is 18.3 Å². The molecule has 0 atom stereocenters. The molecule has 0 radical (unpaired) electrons. The first-order valence-corrected chi connectivity index (χ1v) is 6.30. The number of ether oxygens (including phenoxy) is 1. The number of hydrogen-bond donors (Lipinski definition) is 1. The molecule has 1 N–H and O–H groups in total. The molecular formula is C11H10F3N3OS. The Morgan fingerprint density at radius 3 is 2.68 bits per heavy atom. The van der Waals surface area contributed by atoms with Crippen molar-refractivity contribution in [1.29, 1.82) is 0 Å². The third kappa shape index (κ3) is 4.74. The molecule has 0 aliphatic heterocycles. The minimum absolute atomic E-state index is 0.336. The molecule has 0 saturated heterocycles. The summed E-state index contributed by atoms with van der Waals surface area (Å²) in [5, 5.41) is 4.93. The molecule has 0 bridgehead atoms. The second-order valence-corrected chi connectivity index (χ2v) is 4.30. The van der Waals surface area contributed by atoms with Crippen LogP contribution in [0.2, 0.25) is 0 Å². The van der Waals surface area contributed by atoms with Crippen LogP contribution in [0.1, 0.15) is 5.69 Å². The second-order valence-electron chi connectivity index (χ2n) is 3.58. The van der Waals surface area contributed by atoms with E-state index >= 15 is 0 Å². The minimum atomic E-state index is -4.69. The molecule has 0 saturated carbocycles. The van der Waals surface area contributed by atoms with E-state index in [1.54, 1.807) is 5.51 Å². The molecule has 0 fully saturated rings. The fraction of sp³-hybridized carbons (Fsp3) is 0.273. The summed E-state index contributed by atoms with van der Waals surface area (Å²) in [6.45, 7) is 0.607. The molecule has 0 aromatic carbocycles. The lowest BCUT2D eigenvalue weighted by Gasteiger charge is -2.09. The summed E-state index contributed by atoms with van der Waals surface area (Å²) >= 11 is 1.52. The van der Waals surface area contributed by atoms with Gasteiger partial charge >= 0.3 is 6.36 Å². The number of anilines is 1. The quantitative estimate of drug-likeness (QED) is 0.919. The first kappa shape index (κ1) is 13.6. The van der Waals surface area contributed by atoms with Crippen LogP contribution in [0.3, 0.4) is 0 Å². The van der Waals surface area contributed by atoms with Gasteiger partial charge in [-0.1, -0.05) is 0 Å². The zero-order chi connectivity index (χ0) is 13.7. The van der Waals surface area contributed by atoms with E-state index in [0.29, 0.717) is 12.4 Å². The standard InChI is InChI=1S/C11H10F3N3OS/c12-11(13,14)18-9-1-2-10(16-5-9)15-4-3-8-6-19-7-17-8/h1-2,5-7H,3-4H2,(H,15,16). The molecule has 4 nitrogen and oxygen atoms in total. The summed E-state index contributed by atoms with van der Waals surface area (Å²) in [6.07, 6.45) is -2.94. The fourth-order valence-electron chi connectivity index (χ4n) is 1.36. The fourth-order valence-corrected chi connectivity index (χ4v) is 1.95. The van der Waals surface area contributed by atoms with E-state index in [9.17, 15) is 13.2 Å². The largest absolute Gasteiger partial charge is 0.573 e. The van der Waals surface area contributed by atoms with Crippen molar-refractivity contribution in [3.63, 3.8) is 0 Å². The first-order chi connectivity index (χ1) is 9.03. The summed E-state index contributed by atoms with van der Waals surface area (Å²) in [5.41, 5.74) is 2.71. The van der Waals surface area contributed by atoms with Crippen molar-refractivity contribution in [2.24, 2.45) is 0 Å². The molecule has 19 heavy (non-hydrogen) atoms. The van der Waals surface area contributed by atoms with Gasteiger partial charge in [-0.2, -0.15) is 0 Å². The normalized spacial score (nSPS) is 11.3. The van der Waals surface area contributed by atoms with E-state index in [1.807, 2.05) is 5.38 Å². The molecule has 0 aliphatic rings. The Hall–Kier alpha value is -1.83. The van der Waals surface area contributed by atoms with Crippen molar-refractivity contribution in [2.45, 2.75) is 12.8 Å². The van der Waals surface area contributed by atoms with Crippen LogP contribution in [-0.4, -0.2) is 22.9 Å². The Labute approximate surface area is 111 Å². The Morgan fingerprint density at radius 2 is 2.11 bits per heavy atom. The molecule has 2 aromatic heterocycles. The number of rotatable bonds is 5. The van der Waals surface area contributed by atoms with Gasteiger partial charge in [0.2, 0.25) is 0 Å². The maximum Gasteiger partial charge on any atom is 0.573 e. The van der Waals surface area contributed by atoms with E-state index < -0.39 is 6.36 Å². The van der Waals surface area contributed by atoms with E-state index in [1.165, 1.54) is 23.5 Å². The highest BCUT2D eigenvalue weighted by Gasteiger charge is 2.31. The number of aromatic nitrogens is 2. The zero-order valence-electron chi connectivity index (χ0n) is 9.65. The maximum atomic E-state index is 11.9. The SMILES string of the molecule is FC(F)(F)Oc1ccc(NCCc2cscn2)nc1. The van der Waals surface area contributed by atoms with Crippen molar-refractivity contribution in [2.75, 3.05) is 11.9 Å². The molecule has 102 valence electrons. The van der Waals surface area contributed by atoms with Crippen molar-refractivity contribution >= 4 is 17.2 Å². The van der Waals surface area contributed by atoms with Crippen molar-refractivity contribution in [3.05, 3.63) is 34.9 Å². The molecule has 0 aliphatic carbocycles. The van der Waals surface area contributed by atoms with E-state index in [2.05, 4.69) is 20.0 Å². The first-order valence-electron chi connectivity index (χ1n) is 5.36. The Bertz CT molecular complexity index is 499. The molecule has 2 rings (SSSR count). The number of halogens is 3. The molecule has 0 amide bonds. The number of nitrogens with zero attached hydrogens (tertiary/aromatic N) is 2. The maximum absolute atomic E-state index is 11.9. The van der Waals surface area contributed by atoms with Crippen LogP contribution in [0.4, 0.5) is 19.0 Å². The minimum Gasteiger partial charge on any atom is -0.404 e. The van der Waals surface area contributed by atoms with E-state index in [0.717, 1.165) is 18.3 Å². The van der Waals surface area contributed by atoms with Crippen LogP contribution in [0, 0.1) is 0 Å². The molecule has 8 heteroatoms. The Morgan fingerprint density at radius 1 is 1.26 bits per heavy atom. The number of hydrogen-bond acceptors (Lipinski definition) is 5. The lowest BCUT2D eigenvalue weighted by Crippen LogP contribution is -2.17. The monoisotopic (exact) mass is 289 g/mol. The van der Waals surface area contributed by atoms with Crippen LogP contribution in [0.25, 0.3) is 0 Å². The number of nitrogens with one attached hydrogen (secondary N) is 1. The molecule has 0 spiro atoms. The number of pyridine rings is 1. The van der Waals surface area contributed by atoms with Gasteiger partial charge in [0.05, 0.1) is 17.4 Å². The highest BCUT2D eigenvalue weighted by Crippen LogP contribution is 2.22. The average Bonchev–Trinajstić information content (AvgIpc) is 2.82. The third-order valence-electron chi connectivity index (χ3n) is 2.14. The lowest BCUT2D eigenvalue weighted by atomic mass is 10.3. The Kier molecular flexibility index (Phi) is 4.20. The predicted octanol–water partition coefficient (Wildman–Crippen LogP) is 3.09. The number of alkyl halides is 3. The van der Waals surface area contributed by atoms with Gasteiger partial charge < -0.3 is 10.1 Å². The highest BCUT2D eigenvalue weighted by molar-refractivity contribution is 7.07. The molecular weight excluding hydrogens is 279 g/mol. The molecule has 0 unspecified atom stereocenters. The van der Waals surface area contributed by atoms with Crippen LogP contribution in [-0.2, 0) is 6.42 Å². The van der Waals surface area contributed by atoms with Gasteiger partial charge in [-0.05, 0) is 12.1 Å². The second kappa shape index (κ2) is 5.87. The van der Waals surface area contributed by atoms with Crippen molar-refractivity contribution in [1.82, 2.24) is 9.97 Å². The van der Waals surface area contributed by atoms with Crippen molar-refractivity contribution < 1.29 is 17.9 Å². The summed E-state index contributed by atoms with van der Waals surface area (Å²) in [7, 11) is 0. The van der Waals surface area contributed by atoms with Crippen LogP contribution >= 0.6 is 11.3 Å². The van der Waals surface area contributed by atoms with Crippen molar-refractivity contribution in [3.8, 4) is 5.75 Å². The highest BCUT2D eigenvalue weighted by atomic mass is 32.1.